The van der Waals surface area contributed by atoms with E-state index in [1.54, 1.807) is 6.07 Å². The summed E-state index contributed by atoms with van der Waals surface area (Å²) in [7, 11) is 1.47. The number of esters is 1. The maximum Gasteiger partial charge on any atom is 0.308 e. The molecule has 0 atom stereocenters. The second kappa shape index (κ2) is 7.60. The molecule has 0 radical (unpaired) electrons. The minimum absolute atomic E-state index is 0.0142. The van der Waals surface area contributed by atoms with Crippen molar-refractivity contribution >= 4 is 5.97 Å². The predicted octanol–water partition coefficient (Wildman–Crippen LogP) is 2.27. The van der Waals surface area contributed by atoms with Crippen molar-refractivity contribution in [3.8, 4) is 6.07 Å². The summed E-state index contributed by atoms with van der Waals surface area (Å²) in [5.41, 5.74) is 0. The molecular formula is C10H17NO2. The number of nitriles is 1. The van der Waals surface area contributed by atoms with Crippen LogP contribution in [0.1, 0.15) is 39.0 Å². The highest BCUT2D eigenvalue weighted by Crippen LogP contribution is 2.24. The summed E-state index contributed by atoms with van der Waals surface area (Å²) in [5, 5.41) is 7.32. The summed E-state index contributed by atoms with van der Waals surface area (Å²) >= 11 is 0. The SMILES string of the molecule is CC#N.COC(=O)C1CCCCC1. The first kappa shape index (κ1) is 12.0. The van der Waals surface area contributed by atoms with Crippen LogP contribution in [0.15, 0.2) is 0 Å². The van der Waals surface area contributed by atoms with Crippen molar-refractivity contribution < 1.29 is 9.53 Å². The topological polar surface area (TPSA) is 50.1 Å². The second-order valence-electron chi connectivity index (χ2n) is 3.08. The first-order valence-electron chi connectivity index (χ1n) is 4.65. The molecule has 1 aliphatic rings. The number of hydrogen-bond acceptors (Lipinski definition) is 3. The molecule has 0 heterocycles. The van der Waals surface area contributed by atoms with Crippen molar-refractivity contribution in [2.24, 2.45) is 5.92 Å². The number of carbonyl (C=O) groups excluding carboxylic acids is 1. The summed E-state index contributed by atoms with van der Waals surface area (Å²) in [6.07, 6.45) is 5.74. The Labute approximate surface area is 79.7 Å². The van der Waals surface area contributed by atoms with Crippen LogP contribution >= 0.6 is 0 Å². The third-order valence-electron chi connectivity index (χ3n) is 2.14. The van der Waals surface area contributed by atoms with Crippen molar-refractivity contribution in [3.05, 3.63) is 0 Å². The summed E-state index contributed by atoms with van der Waals surface area (Å²) in [6.45, 7) is 1.43. The zero-order valence-corrected chi connectivity index (χ0v) is 8.38. The molecule has 0 unspecified atom stereocenters. The van der Waals surface area contributed by atoms with E-state index in [1.165, 1.54) is 33.3 Å². The van der Waals surface area contributed by atoms with Crippen molar-refractivity contribution in [1.29, 1.82) is 5.26 Å². The lowest BCUT2D eigenvalue weighted by molar-refractivity contribution is -0.146. The van der Waals surface area contributed by atoms with Crippen LogP contribution in [0.2, 0.25) is 0 Å². The average molecular weight is 183 g/mol. The van der Waals surface area contributed by atoms with Crippen molar-refractivity contribution in [3.63, 3.8) is 0 Å². The van der Waals surface area contributed by atoms with Gasteiger partial charge in [0.25, 0.3) is 0 Å². The van der Waals surface area contributed by atoms with Crippen molar-refractivity contribution in [2.75, 3.05) is 7.11 Å². The van der Waals surface area contributed by atoms with E-state index in [-0.39, 0.29) is 11.9 Å². The Morgan fingerprint density at radius 1 is 1.38 bits per heavy atom. The molecule has 3 nitrogen and oxygen atoms in total. The highest BCUT2D eigenvalue weighted by molar-refractivity contribution is 5.72. The van der Waals surface area contributed by atoms with Crippen LogP contribution < -0.4 is 0 Å². The van der Waals surface area contributed by atoms with Crippen LogP contribution in [0.3, 0.4) is 0 Å². The average Bonchev–Trinajstić information content (AvgIpc) is 2.19. The Bertz CT molecular complexity index is 178. The molecule has 0 aromatic heterocycles. The molecule has 0 aromatic carbocycles. The van der Waals surface area contributed by atoms with Gasteiger partial charge < -0.3 is 4.74 Å². The summed E-state index contributed by atoms with van der Waals surface area (Å²) in [4.78, 5) is 10.9. The monoisotopic (exact) mass is 183 g/mol. The molecule has 1 saturated carbocycles. The second-order valence-corrected chi connectivity index (χ2v) is 3.08. The molecule has 0 saturated heterocycles. The third-order valence-corrected chi connectivity index (χ3v) is 2.14. The fraction of sp³-hybridized carbons (Fsp3) is 0.800. The van der Waals surface area contributed by atoms with Gasteiger partial charge in [0.05, 0.1) is 19.1 Å². The Morgan fingerprint density at radius 2 is 1.85 bits per heavy atom. The van der Waals surface area contributed by atoms with Crippen LogP contribution in [-0.4, -0.2) is 13.1 Å². The normalized spacial score (nSPS) is 16.4. The molecule has 1 rings (SSSR count). The first-order valence-corrected chi connectivity index (χ1v) is 4.65. The lowest BCUT2D eigenvalue weighted by Crippen LogP contribution is -2.18. The first-order chi connectivity index (χ1) is 6.26. The van der Waals surface area contributed by atoms with Crippen LogP contribution in [0.25, 0.3) is 0 Å². The van der Waals surface area contributed by atoms with E-state index in [9.17, 15) is 4.79 Å². The van der Waals surface area contributed by atoms with Gasteiger partial charge in [-0.25, -0.2) is 0 Å². The van der Waals surface area contributed by atoms with Gasteiger partial charge in [0.15, 0.2) is 0 Å². The third kappa shape index (κ3) is 5.24. The number of nitrogens with zero attached hydrogens (tertiary/aromatic N) is 1. The molecule has 0 amide bonds. The quantitative estimate of drug-likeness (QED) is 0.586. The van der Waals surface area contributed by atoms with Gasteiger partial charge in [-0.2, -0.15) is 5.26 Å². The molecular weight excluding hydrogens is 166 g/mol. The standard InChI is InChI=1S/C8H14O2.C2H3N/c1-10-8(9)7-5-3-2-4-6-7;1-2-3/h7H,2-6H2,1H3;1H3. The lowest BCUT2D eigenvalue weighted by atomic mass is 9.89. The van der Waals surface area contributed by atoms with E-state index < -0.39 is 0 Å². The van der Waals surface area contributed by atoms with E-state index in [0.29, 0.717) is 0 Å². The van der Waals surface area contributed by atoms with Gasteiger partial charge in [0.1, 0.15) is 0 Å². The van der Waals surface area contributed by atoms with Gasteiger partial charge in [0.2, 0.25) is 0 Å². The minimum Gasteiger partial charge on any atom is -0.469 e. The Balaban J connectivity index is 0.000000424. The van der Waals surface area contributed by atoms with E-state index >= 15 is 0 Å². The van der Waals surface area contributed by atoms with E-state index in [2.05, 4.69) is 4.74 Å². The molecule has 0 bridgehead atoms. The number of rotatable bonds is 1. The van der Waals surface area contributed by atoms with Crippen LogP contribution in [-0.2, 0) is 9.53 Å². The van der Waals surface area contributed by atoms with E-state index in [4.69, 9.17) is 5.26 Å². The molecule has 13 heavy (non-hydrogen) atoms. The lowest BCUT2D eigenvalue weighted by Gasteiger charge is -2.18. The number of methoxy groups -OCH3 is 1. The number of carbonyl (C=O) groups is 1. The van der Waals surface area contributed by atoms with Crippen LogP contribution in [0.4, 0.5) is 0 Å². The van der Waals surface area contributed by atoms with Gasteiger partial charge >= 0.3 is 5.97 Å². The largest absolute Gasteiger partial charge is 0.469 e. The molecule has 74 valence electrons. The molecule has 1 fully saturated rings. The summed E-state index contributed by atoms with van der Waals surface area (Å²) in [5.74, 6) is 0.193. The van der Waals surface area contributed by atoms with E-state index in [1.807, 2.05) is 0 Å². The highest BCUT2D eigenvalue weighted by atomic mass is 16.5. The molecule has 0 spiro atoms. The number of ether oxygens (including phenoxy) is 1. The molecule has 0 N–H and O–H groups in total. The molecule has 3 heteroatoms. The van der Waals surface area contributed by atoms with Crippen LogP contribution in [0, 0.1) is 17.2 Å². The molecule has 0 aromatic rings. The molecule has 0 aliphatic heterocycles. The Morgan fingerprint density at radius 3 is 2.23 bits per heavy atom. The number of hydrogen-bond donors (Lipinski definition) is 0. The van der Waals surface area contributed by atoms with Gasteiger partial charge in [-0.3, -0.25) is 4.79 Å². The van der Waals surface area contributed by atoms with Crippen molar-refractivity contribution in [2.45, 2.75) is 39.0 Å². The Kier molecular flexibility index (Phi) is 6.99. The van der Waals surface area contributed by atoms with Gasteiger partial charge in [-0.1, -0.05) is 19.3 Å². The van der Waals surface area contributed by atoms with Crippen LogP contribution in [0.5, 0.6) is 0 Å². The zero-order valence-electron chi connectivity index (χ0n) is 8.38. The fourth-order valence-electron chi connectivity index (χ4n) is 1.50. The summed E-state index contributed by atoms with van der Waals surface area (Å²) in [6, 6.07) is 1.75. The Hall–Kier alpha value is -1.04. The van der Waals surface area contributed by atoms with Gasteiger partial charge in [-0.05, 0) is 12.8 Å². The summed E-state index contributed by atoms with van der Waals surface area (Å²) < 4.78 is 4.65. The maximum atomic E-state index is 10.9. The predicted molar refractivity (Wildman–Crippen MR) is 49.9 cm³/mol. The van der Waals surface area contributed by atoms with Crippen molar-refractivity contribution in [1.82, 2.24) is 0 Å². The van der Waals surface area contributed by atoms with Gasteiger partial charge in [-0.15, -0.1) is 0 Å². The fourth-order valence-corrected chi connectivity index (χ4v) is 1.50. The minimum atomic E-state index is -0.0142. The smallest absolute Gasteiger partial charge is 0.308 e. The molecule has 1 aliphatic carbocycles. The maximum absolute atomic E-state index is 10.9. The van der Waals surface area contributed by atoms with Gasteiger partial charge in [0, 0.05) is 6.92 Å². The van der Waals surface area contributed by atoms with E-state index in [0.717, 1.165) is 12.8 Å². The zero-order chi connectivity index (χ0) is 10.1. The highest BCUT2D eigenvalue weighted by Gasteiger charge is 2.20.